The average Bonchev–Trinajstić information content (AvgIpc) is 2.93. The van der Waals surface area contributed by atoms with Crippen molar-refractivity contribution in [1.82, 2.24) is 10.3 Å². The summed E-state index contributed by atoms with van der Waals surface area (Å²) >= 11 is 1.62. The number of hydrogen-bond donors (Lipinski definition) is 1. The van der Waals surface area contributed by atoms with Crippen molar-refractivity contribution < 1.29 is 4.74 Å². The molecule has 0 radical (unpaired) electrons. The number of thiazole rings is 1. The van der Waals surface area contributed by atoms with Gasteiger partial charge in [0.2, 0.25) is 0 Å². The van der Waals surface area contributed by atoms with Crippen molar-refractivity contribution in [1.29, 1.82) is 0 Å². The van der Waals surface area contributed by atoms with Gasteiger partial charge < -0.3 is 10.1 Å². The van der Waals surface area contributed by atoms with E-state index in [2.05, 4.69) is 48.6 Å². The lowest BCUT2D eigenvalue weighted by Crippen LogP contribution is -2.23. The van der Waals surface area contributed by atoms with Crippen LogP contribution in [0.3, 0.4) is 0 Å². The standard InChI is InChI=1S/C15H20N2OS/c1-5-16-14(13-8-19-9-17-13)12-7-6-10(2)11(3)15(12)18-4/h6-9,14,16H,5H2,1-4H3. The number of rotatable bonds is 5. The highest BCUT2D eigenvalue weighted by atomic mass is 32.1. The molecule has 1 N–H and O–H groups in total. The number of aromatic nitrogens is 1. The van der Waals surface area contributed by atoms with Gasteiger partial charge in [0.15, 0.2) is 0 Å². The van der Waals surface area contributed by atoms with E-state index >= 15 is 0 Å². The molecular weight excluding hydrogens is 256 g/mol. The van der Waals surface area contributed by atoms with Crippen molar-refractivity contribution in [2.24, 2.45) is 0 Å². The maximum Gasteiger partial charge on any atom is 0.127 e. The lowest BCUT2D eigenvalue weighted by molar-refractivity contribution is 0.400. The van der Waals surface area contributed by atoms with E-state index in [1.54, 1.807) is 18.4 Å². The second-order valence-electron chi connectivity index (χ2n) is 4.53. The van der Waals surface area contributed by atoms with E-state index in [1.807, 2.05) is 5.51 Å². The van der Waals surface area contributed by atoms with E-state index in [-0.39, 0.29) is 6.04 Å². The molecule has 1 heterocycles. The predicted octanol–water partition coefficient (Wildman–Crippen LogP) is 3.47. The third-order valence-electron chi connectivity index (χ3n) is 3.38. The van der Waals surface area contributed by atoms with E-state index < -0.39 is 0 Å². The molecule has 1 aromatic heterocycles. The number of hydrogen-bond acceptors (Lipinski definition) is 4. The van der Waals surface area contributed by atoms with Crippen molar-refractivity contribution in [2.45, 2.75) is 26.8 Å². The van der Waals surface area contributed by atoms with Gasteiger partial charge in [0, 0.05) is 10.9 Å². The summed E-state index contributed by atoms with van der Waals surface area (Å²) in [5, 5.41) is 5.57. The highest BCUT2D eigenvalue weighted by molar-refractivity contribution is 7.07. The van der Waals surface area contributed by atoms with Crippen LogP contribution in [0.25, 0.3) is 0 Å². The van der Waals surface area contributed by atoms with Crippen LogP contribution in [0.4, 0.5) is 0 Å². The van der Waals surface area contributed by atoms with Gasteiger partial charge in [-0.15, -0.1) is 11.3 Å². The van der Waals surface area contributed by atoms with Gasteiger partial charge in [0.25, 0.3) is 0 Å². The number of aryl methyl sites for hydroxylation is 1. The fraction of sp³-hybridized carbons (Fsp3) is 0.400. The molecule has 1 unspecified atom stereocenters. The van der Waals surface area contributed by atoms with Crippen LogP contribution in [-0.2, 0) is 0 Å². The number of nitrogens with one attached hydrogen (secondary N) is 1. The lowest BCUT2D eigenvalue weighted by atomic mass is 9.97. The minimum absolute atomic E-state index is 0.0884. The van der Waals surface area contributed by atoms with Gasteiger partial charge in [-0.2, -0.15) is 0 Å². The Kier molecular flexibility index (Phi) is 4.56. The molecule has 0 aliphatic heterocycles. The van der Waals surface area contributed by atoms with Crippen LogP contribution in [0.1, 0.15) is 35.3 Å². The average molecular weight is 276 g/mol. The van der Waals surface area contributed by atoms with Crippen molar-refractivity contribution in [3.8, 4) is 5.75 Å². The summed E-state index contributed by atoms with van der Waals surface area (Å²) in [5.74, 6) is 0.957. The van der Waals surface area contributed by atoms with Gasteiger partial charge in [0.05, 0.1) is 24.4 Å². The summed E-state index contributed by atoms with van der Waals surface area (Å²) in [5.41, 5.74) is 6.51. The Morgan fingerprint density at radius 3 is 2.74 bits per heavy atom. The molecule has 2 rings (SSSR count). The highest BCUT2D eigenvalue weighted by Gasteiger charge is 2.20. The van der Waals surface area contributed by atoms with Crippen LogP contribution in [0, 0.1) is 13.8 Å². The molecule has 102 valence electrons. The molecule has 0 amide bonds. The van der Waals surface area contributed by atoms with Crippen LogP contribution in [-0.4, -0.2) is 18.6 Å². The Labute approximate surface area is 118 Å². The fourth-order valence-corrected chi connectivity index (χ4v) is 2.83. The number of nitrogens with zero attached hydrogens (tertiary/aromatic N) is 1. The van der Waals surface area contributed by atoms with E-state index in [0.717, 1.165) is 23.6 Å². The topological polar surface area (TPSA) is 34.2 Å². The predicted molar refractivity (Wildman–Crippen MR) is 80.1 cm³/mol. The van der Waals surface area contributed by atoms with E-state index in [4.69, 9.17) is 4.74 Å². The van der Waals surface area contributed by atoms with Crippen LogP contribution in [0.15, 0.2) is 23.0 Å². The van der Waals surface area contributed by atoms with Crippen LogP contribution in [0.2, 0.25) is 0 Å². The highest BCUT2D eigenvalue weighted by Crippen LogP contribution is 2.33. The van der Waals surface area contributed by atoms with Crippen molar-refractivity contribution in [3.63, 3.8) is 0 Å². The first kappa shape index (κ1) is 14.0. The number of ether oxygens (including phenoxy) is 1. The first-order valence-corrected chi connectivity index (χ1v) is 7.38. The van der Waals surface area contributed by atoms with Gasteiger partial charge in [-0.25, -0.2) is 4.98 Å². The van der Waals surface area contributed by atoms with Crippen LogP contribution >= 0.6 is 11.3 Å². The molecule has 1 atom stereocenters. The molecular formula is C15H20N2OS. The Morgan fingerprint density at radius 2 is 2.16 bits per heavy atom. The van der Waals surface area contributed by atoms with Crippen molar-refractivity contribution >= 4 is 11.3 Å². The van der Waals surface area contributed by atoms with Crippen molar-refractivity contribution in [3.05, 3.63) is 45.4 Å². The summed E-state index contributed by atoms with van der Waals surface area (Å²) in [6.07, 6.45) is 0. The maximum atomic E-state index is 5.62. The quantitative estimate of drug-likeness (QED) is 0.908. The molecule has 1 aromatic carbocycles. The van der Waals surface area contributed by atoms with E-state index in [0.29, 0.717) is 0 Å². The van der Waals surface area contributed by atoms with Gasteiger partial charge in [0.1, 0.15) is 5.75 Å². The molecule has 0 aliphatic carbocycles. The Bertz CT molecular complexity index is 537. The van der Waals surface area contributed by atoms with Crippen LogP contribution in [0.5, 0.6) is 5.75 Å². The zero-order chi connectivity index (χ0) is 13.8. The summed E-state index contributed by atoms with van der Waals surface area (Å²) in [6.45, 7) is 7.19. The summed E-state index contributed by atoms with van der Waals surface area (Å²) in [4.78, 5) is 4.44. The Balaban J connectivity index is 2.51. The first-order valence-electron chi connectivity index (χ1n) is 6.44. The number of methoxy groups -OCH3 is 1. The Hall–Kier alpha value is -1.39. The molecule has 0 fully saturated rings. The fourth-order valence-electron chi connectivity index (χ4n) is 2.25. The summed E-state index contributed by atoms with van der Waals surface area (Å²) in [6, 6.07) is 4.36. The zero-order valence-corrected chi connectivity index (χ0v) is 12.7. The SMILES string of the molecule is CCNC(c1cscn1)c1ccc(C)c(C)c1OC. The van der Waals surface area contributed by atoms with E-state index in [9.17, 15) is 0 Å². The first-order chi connectivity index (χ1) is 9.19. The number of benzene rings is 1. The van der Waals surface area contributed by atoms with Crippen LogP contribution < -0.4 is 10.1 Å². The minimum Gasteiger partial charge on any atom is -0.496 e. The van der Waals surface area contributed by atoms with Crippen molar-refractivity contribution in [2.75, 3.05) is 13.7 Å². The third kappa shape index (κ3) is 2.80. The molecule has 4 heteroatoms. The lowest BCUT2D eigenvalue weighted by Gasteiger charge is -2.21. The second-order valence-corrected chi connectivity index (χ2v) is 5.25. The second kappa shape index (κ2) is 6.17. The molecule has 19 heavy (non-hydrogen) atoms. The van der Waals surface area contributed by atoms with Gasteiger partial charge in [-0.3, -0.25) is 0 Å². The minimum atomic E-state index is 0.0884. The van der Waals surface area contributed by atoms with Gasteiger partial charge >= 0.3 is 0 Å². The van der Waals surface area contributed by atoms with Gasteiger partial charge in [-0.05, 0) is 31.5 Å². The smallest absolute Gasteiger partial charge is 0.127 e. The normalized spacial score (nSPS) is 12.4. The summed E-state index contributed by atoms with van der Waals surface area (Å²) < 4.78 is 5.62. The molecule has 0 aliphatic rings. The monoisotopic (exact) mass is 276 g/mol. The molecule has 0 spiro atoms. The molecule has 3 nitrogen and oxygen atoms in total. The molecule has 0 bridgehead atoms. The molecule has 0 saturated heterocycles. The summed E-state index contributed by atoms with van der Waals surface area (Å²) in [7, 11) is 1.73. The maximum absolute atomic E-state index is 5.62. The largest absolute Gasteiger partial charge is 0.496 e. The van der Waals surface area contributed by atoms with E-state index in [1.165, 1.54) is 11.1 Å². The van der Waals surface area contributed by atoms with Gasteiger partial charge in [-0.1, -0.05) is 19.1 Å². The zero-order valence-electron chi connectivity index (χ0n) is 11.9. The Morgan fingerprint density at radius 1 is 1.37 bits per heavy atom. The molecule has 0 saturated carbocycles. The third-order valence-corrected chi connectivity index (χ3v) is 3.98. The molecule has 2 aromatic rings.